The second-order valence-electron chi connectivity index (χ2n) is 5.34. The van der Waals surface area contributed by atoms with Crippen molar-refractivity contribution in [2.24, 2.45) is 5.14 Å². The van der Waals surface area contributed by atoms with E-state index < -0.39 is 10.0 Å². The molecule has 3 aromatic rings. The maximum Gasteiger partial charge on any atom is 0.238 e. The van der Waals surface area contributed by atoms with Crippen LogP contribution in [0.1, 0.15) is 17.0 Å². The van der Waals surface area contributed by atoms with Crippen LogP contribution in [0.4, 0.5) is 0 Å². The number of nitrogens with zero attached hydrogens (tertiary/aromatic N) is 4. The Balaban J connectivity index is 1.42. The fraction of sp³-hybridized carbons (Fsp3) is 0.286. The van der Waals surface area contributed by atoms with E-state index in [4.69, 9.17) is 5.14 Å². The van der Waals surface area contributed by atoms with Gasteiger partial charge in [0.25, 0.3) is 0 Å². The summed E-state index contributed by atoms with van der Waals surface area (Å²) in [6, 6.07) is 6.29. The van der Waals surface area contributed by atoms with E-state index in [0.29, 0.717) is 30.8 Å². The summed E-state index contributed by atoms with van der Waals surface area (Å²) in [6.45, 7) is 0.471. The number of carbonyl (C=O) groups is 1. The first-order valence-electron chi connectivity index (χ1n) is 7.46. The van der Waals surface area contributed by atoms with Gasteiger partial charge in [-0.05, 0) is 24.1 Å². The van der Waals surface area contributed by atoms with Crippen LogP contribution < -0.4 is 10.5 Å². The number of amides is 1. The molecule has 0 aliphatic rings. The fourth-order valence-corrected chi connectivity index (χ4v) is 3.53. The van der Waals surface area contributed by atoms with Crippen molar-refractivity contribution in [2.45, 2.75) is 24.2 Å². The Morgan fingerprint density at radius 1 is 1.24 bits per heavy atom. The van der Waals surface area contributed by atoms with E-state index in [-0.39, 0.29) is 10.8 Å². The number of nitrogens with two attached hydrogens (primary N) is 1. The van der Waals surface area contributed by atoms with Gasteiger partial charge < -0.3 is 5.32 Å². The van der Waals surface area contributed by atoms with Gasteiger partial charge in [0.15, 0.2) is 0 Å². The lowest BCUT2D eigenvalue weighted by Crippen LogP contribution is -2.25. The van der Waals surface area contributed by atoms with Crippen molar-refractivity contribution in [1.82, 2.24) is 25.1 Å². The quantitative estimate of drug-likeness (QED) is 0.598. The number of nitrogens with one attached hydrogen (secondary N) is 1. The molecular formula is C14H16N6O3S2. The standard InChI is InChI=1S/C14H16N6O3S2/c15-25(22,23)11-3-1-10(2-4-11)7-8-16-12(21)5-6-13-19-20-9-17-18-14(20)24-13/h1-4,9H,5-8H2,(H,16,21)(H2,15,22,23). The third-order valence-corrected chi connectivity index (χ3v) is 5.38. The molecule has 0 bridgehead atoms. The van der Waals surface area contributed by atoms with Gasteiger partial charge in [0.1, 0.15) is 11.3 Å². The fourth-order valence-electron chi connectivity index (χ4n) is 2.20. The predicted molar refractivity (Wildman–Crippen MR) is 91.5 cm³/mol. The SMILES string of the molecule is NS(=O)(=O)c1ccc(CCNC(=O)CCc2nn3cnnc3s2)cc1. The van der Waals surface area contributed by atoms with E-state index in [2.05, 4.69) is 20.6 Å². The van der Waals surface area contributed by atoms with Gasteiger partial charge >= 0.3 is 0 Å². The molecule has 0 saturated carbocycles. The number of rotatable bonds is 7. The lowest BCUT2D eigenvalue weighted by atomic mass is 10.1. The molecule has 25 heavy (non-hydrogen) atoms. The average molecular weight is 380 g/mol. The summed E-state index contributed by atoms with van der Waals surface area (Å²) in [6.07, 6.45) is 3.02. The van der Waals surface area contributed by atoms with Gasteiger partial charge in [-0.15, -0.1) is 10.2 Å². The number of primary sulfonamides is 1. The summed E-state index contributed by atoms with van der Waals surface area (Å²) in [5, 5.41) is 20.6. The molecular weight excluding hydrogens is 364 g/mol. The summed E-state index contributed by atoms with van der Waals surface area (Å²) in [5.74, 6) is -0.0629. The minimum absolute atomic E-state index is 0.0629. The Morgan fingerprint density at radius 2 is 2.00 bits per heavy atom. The third-order valence-electron chi connectivity index (χ3n) is 3.48. The van der Waals surface area contributed by atoms with Crippen LogP contribution in [-0.4, -0.2) is 40.7 Å². The van der Waals surface area contributed by atoms with Crippen molar-refractivity contribution >= 4 is 32.2 Å². The number of aromatic nitrogens is 4. The second-order valence-corrected chi connectivity index (χ2v) is 7.94. The van der Waals surface area contributed by atoms with Crippen molar-refractivity contribution < 1.29 is 13.2 Å². The molecule has 0 aliphatic carbocycles. The molecule has 0 radical (unpaired) electrons. The van der Waals surface area contributed by atoms with Crippen molar-refractivity contribution in [2.75, 3.05) is 6.54 Å². The lowest BCUT2D eigenvalue weighted by Gasteiger charge is -2.05. The summed E-state index contributed by atoms with van der Waals surface area (Å²) in [7, 11) is -3.68. The molecule has 1 aromatic carbocycles. The van der Waals surface area contributed by atoms with Crippen LogP contribution in [0.15, 0.2) is 35.5 Å². The smallest absolute Gasteiger partial charge is 0.238 e. The van der Waals surface area contributed by atoms with Crippen molar-refractivity contribution in [3.8, 4) is 0 Å². The minimum atomic E-state index is -3.68. The molecule has 3 N–H and O–H groups in total. The van der Waals surface area contributed by atoms with Crippen LogP contribution in [0.2, 0.25) is 0 Å². The van der Waals surface area contributed by atoms with Gasteiger partial charge in [-0.1, -0.05) is 23.5 Å². The monoisotopic (exact) mass is 380 g/mol. The predicted octanol–water partition coefficient (Wildman–Crippen LogP) is 0.125. The van der Waals surface area contributed by atoms with Crippen LogP contribution in [-0.2, 0) is 27.7 Å². The Labute approximate surface area is 147 Å². The number of fused-ring (bicyclic) bond motifs is 1. The molecule has 0 atom stereocenters. The molecule has 132 valence electrons. The van der Waals surface area contributed by atoms with Crippen LogP contribution in [0.5, 0.6) is 0 Å². The van der Waals surface area contributed by atoms with Crippen molar-refractivity contribution in [3.63, 3.8) is 0 Å². The molecule has 0 aliphatic heterocycles. The molecule has 0 saturated heterocycles. The van der Waals surface area contributed by atoms with Crippen molar-refractivity contribution in [3.05, 3.63) is 41.2 Å². The highest BCUT2D eigenvalue weighted by molar-refractivity contribution is 7.89. The van der Waals surface area contributed by atoms with Crippen LogP contribution in [0.25, 0.3) is 4.96 Å². The first kappa shape index (κ1) is 17.5. The molecule has 0 unspecified atom stereocenters. The zero-order valence-corrected chi connectivity index (χ0v) is 14.8. The Kier molecular flexibility index (Phi) is 5.06. The molecule has 11 heteroatoms. The number of aryl methyl sites for hydroxylation is 1. The highest BCUT2D eigenvalue weighted by atomic mass is 32.2. The zero-order valence-electron chi connectivity index (χ0n) is 13.1. The van der Waals surface area contributed by atoms with Crippen LogP contribution in [0, 0.1) is 0 Å². The average Bonchev–Trinajstić information content (AvgIpc) is 3.14. The molecule has 0 fully saturated rings. The Bertz CT molecular complexity index is 949. The van der Waals surface area contributed by atoms with E-state index in [0.717, 1.165) is 10.6 Å². The molecule has 1 amide bonds. The highest BCUT2D eigenvalue weighted by Gasteiger charge is 2.09. The summed E-state index contributed by atoms with van der Waals surface area (Å²) in [4.78, 5) is 12.7. The van der Waals surface area contributed by atoms with Gasteiger partial charge in [-0.2, -0.15) is 9.61 Å². The Hall–Kier alpha value is -2.37. The van der Waals surface area contributed by atoms with Crippen molar-refractivity contribution in [1.29, 1.82) is 0 Å². The zero-order chi connectivity index (χ0) is 17.9. The molecule has 2 heterocycles. The van der Waals surface area contributed by atoms with Gasteiger partial charge in [0.05, 0.1) is 4.90 Å². The molecule has 2 aromatic heterocycles. The van der Waals surface area contributed by atoms with Gasteiger partial charge in [0.2, 0.25) is 20.9 Å². The topological polar surface area (TPSA) is 132 Å². The largest absolute Gasteiger partial charge is 0.356 e. The number of carbonyl (C=O) groups excluding carboxylic acids is 1. The Morgan fingerprint density at radius 3 is 2.68 bits per heavy atom. The van der Waals surface area contributed by atoms with E-state index in [1.807, 2.05) is 0 Å². The maximum atomic E-state index is 11.9. The highest BCUT2D eigenvalue weighted by Crippen LogP contribution is 2.13. The van der Waals surface area contributed by atoms with E-state index >= 15 is 0 Å². The number of hydrogen-bond acceptors (Lipinski definition) is 7. The van der Waals surface area contributed by atoms with Gasteiger partial charge in [-0.3, -0.25) is 4.79 Å². The number of sulfonamides is 1. The lowest BCUT2D eigenvalue weighted by molar-refractivity contribution is -0.121. The first-order valence-corrected chi connectivity index (χ1v) is 9.82. The van der Waals surface area contributed by atoms with Gasteiger partial charge in [-0.25, -0.2) is 13.6 Å². The van der Waals surface area contributed by atoms with Gasteiger partial charge in [0, 0.05) is 19.4 Å². The van der Waals surface area contributed by atoms with E-state index in [1.54, 1.807) is 16.6 Å². The summed E-state index contributed by atoms with van der Waals surface area (Å²) < 4.78 is 24.0. The summed E-state index contributed by atoms with van der Waals surface area (Å²) in [5.41, 5.74) is 0.918. The van der Waals surface area contributed by atoms with E-state index in [1.165, 1.54) is 29.8 Å². The van der Waals surface area contributed by atoms with Crippen LogP contribution >= 0.6 is 11.3 Å². The molecule has 0 spiro atoms. The van der Waals surface area contributed by atoms with Crippen LogP contribution in [0.3, 0.4) is 0 Å². The maximum absolute atomic E-state index is 11.9. The number of benzene rings is 1. The molecule has 9 nitrogen and oxygen atoms in total. The molecule has 3 rings (SSSR count). The summed E-state index contributed by atoms with van der Waals surface area (Å²) >= 11 is 1.41. The first-order chi connectivity index (χ1) is 11.9. The van der Waals surface area contributed by atoms with E-state index in [9.17, 15) is 13.2 Å². The second kappa shape index (κ2) is 7.25. The normalized spacial score (nSPS) is 11.7. The third kappa shape index (κ3) is 4.59. The minimum Gasteiger partial charge on any atom is -0.356 e. The number of hydrogen-bond donors (Lipinski definition) is 2.